The van der Waals surface area contributed by atoms with Crippen LogP contribution >= 0.6 is 0 Å². The maximum atomic E-state index is 11.2. The van der Waals surface area contributed by atoms with E-state index in [1.807, 2.05) is 0 Å². The van der Waals surface area contributed by atoms with Crippen molar-refractivity contribution in [2.45, 2.75) is 18.9 Å². The lowest BCUT2D eigenvalue weighted by Crippen LogP contribution is -2.12. The van der Waals surface area contributed by atoms with E-state index in [9.17, 15) is 8.42 Å². The molecule has 1 fully saturated rings. The zero-order valence-corrected chi connectivity index (χ0v) is 10.5. The predicted octanol–water partition coefficient (Wildman–Crippen LogP) is 1.04. The molecule has 17 heavy (non-hydrogen) atoms. The summed E-state index contributed by atoms with van der Waals surface area (Å²) >= 11 is 0. The molecule has 2 N–H and O–H groups in total. The molecule has 1 aromatic rings. The minimum atomic E-state index is -3.33. The van der Waals surface area contributed by atoms with Gasteiger partial charge in [-0.3, -0.25) is 4.72 Å². The number of hydrogen-bond donors (Lipinski definition) is 2. The van der Waals surface area contributed by atoms with Gasteiger partial charge in [-0.2, -0.15) is 0 Å². The van der Waals surface area contributed by atoms with E-state index in [1.165, 1.54) is 6.20 Å². The standard InChI is InChI=1S/C10H15N3O3S/c1-11-10-5-9(16-7-3-4-7)8(6-12-10)13-17(2,14)15/h5-7,13H,3-4H2,1-2H3,(H,11,12). The second kappa shape index (κ2) is 4.40. The molecule has 1 aliphatic rings. The first-order valence-electron chi connectivity index (χ1n) is 5.30. The third-order valence-electron chi connectivity index (χ3n) is 2.24. The van der Waals surface area contributed by atoms with Gasteiger partial charge in [0.05, 0.1) is 18.6 Å². The van der Waals surface area contributed by atoms with E-state index in [0.29, 0.717) is 17.3 Å². The highest BCUT2D eigenvalue weighted by molar-refractivity contribution is 7.92. The number of aromatic nitrogens is 1. The minimum absolute atomic E-state index is 0.196. The van der Waals surface area contributed by atoms with Crippen LogP contribution in [-0.2, 0) is 10.0 Å². The van der Waals surface area contributed by atoms with Gasteiger partial charge in [0.1, 0.15) is 17.3 Å². The van der Waals surface area contributed by atoms with Crippen molar-refractivity contribution in [1.82, 2.24) is 4.98 Å². The molecule has 7 heteroatoms. The van der Waals surface area contributed by atoms with Crippen LogP contribution in [0.1, 0.15) is 12.8 Å². The number of nitrogens with zero attached hydrogens (tertiary/aromatic N) is 1. The van der Waals surface area contributed by atoms with Crippen LogP contribution in [0.2, 0.25) is 0 Å². The summed E-state index contributed by atoms with van der Waals surface area (Å²) in [5.41, 5.74) is 0.374. The van der Waals surface area contributed by atoms with Crippen LogP contribution in [0.5, 0.6) is 5.75 Å². The lowest BCUT2D eigenvalue weighted by atomic mass is 10.3. The Balaban J connectivity index is 2.28. The maximum Gasteiger partial charge on any atom is 0.229 e. The number of sulfonamides is 1. The van der Waals surface area contributed by atoms with Crippen molar-refractivity contribution in [1.29, 1.82) is 0 Å². The van der Waals surface area contributed by atoms with Crippen LogP contribution < -0.4 is 14.8 Å². The summed E-state index contributed by atoms with van der Waals surface area (Å²) in [4.78, 5) is 4.05. The Kier molecular flexibility index (Phi) is 3.10. The highest BCUT2D eigenvalue weighted by Crippen LogP contribution is 2.33. The molecule has 0 aliphatic heterocycles. The van der Waals surface area contributed by atoms with Gasteiger partial charge in [-0.15, -0.1) is 0 Å². The van der Waals surface area contributed by atoms with Gasteiger partial charge in [-0.1, -0.05) is 0 Å². The Morgan fingerprint density at radius 1 is 1.47 bits per heavy atom. The second-order valence-electron chi connectivity index (χ2n) is 4.01. The third kappa shape index (κ3) is 3.48. The number of ether oxygens (including phenoxy) is 1. The Morgan fingerprint density at radius 2 is 2.18 bits per heavy atom. The van der Waals surface area contributed by atoms with Crippen molar-refractivity contribution in [2.24, 2.45) is 0 Å². The second-order valence-corrected chi connectivity index (χ2v) is 5.76. The van der Waals surface area contributed by atoms with Crippen molar-refractivity contribution >= 4 is 21.5 Å². The summed E-state index contributed by atoms with van der Waals surface area (Å²) < 4.78 is 30.4. The van der Waals surface area contributed by atoms with Crippen molar-refractivity contribution in [3.63, 3.8) is 0 Å². The molecule has 0 radical (unpaired) electrons. The van der Waals surface area contributed by atoms with Gasteiger partial charge in [0.25, 0.3) is 0 Å². The molecule has 0 bridgehead atoms. The van der Waals surface area contributed by atoms with Crippen molar-refractivity contribution in [2.75, 3.05) is 23.3 Å². The largest absolute Gasteiger partial charge is 0.488 e. The number of pyridine rings is 1. The highest BCUT2D eigenvalue weighted by Gasteiger charge is 2.25. The smallest absolute Gasteiger partial charge is 0.229 e. The predicted molar refractivity (Wildman–Crippen MR) is 65.9 cm³/mol. The summed E-state index contributed by atoms with van der Waals surface area (Å²) in [6.07, 6.45) is 4.76. The van der Waals surface area contributed by atoms with Gasteiger partial charge in [0.2, 0.25) is 10.0 Å². The Labute approximate surface area is 100 Å². The molecule has 94 valence electrons. The van der Waals surface area contributed by atoms with Gasteiger partial charge < -0.3 is 10.1 Å². The topological polar surface area (TPSA) is 80.3 Å². The fraction of sp³-hybridized carbons (Fsp3) is 0.500. The van der Waals surface area contributed by atoms with E-state index < -0.39 is 10.0 Å². The van der Waals surface area contributed by atoms with Crippen LogP contribution in [0.25, 0.3) is 0 Å². The fourth-order valence-corrected chi connectivity index (χ4v) is 1.87. The minimum Gasteiger partial charge on any atom is -0.488 e. The van der Waals surface area contributed by atoms with Gasteiger partial charge in [-0.05, 0) is 12.8 Å². The summed E-state index contributed by atoms with van der Waals surface area (Å²) in [6, 6.07) is 1.69. The van der Waals surface area contributed by atoms with Crippen LogP contribution in [0, 0.1) is 0 Å². The van der Waals surface area contributed by atoms with Gasteiger partial charge >= 0.3 is 0 Å². The Hall–Kier alpha value is -1.50. The Bertz CT molecular complexity index is 512. The summed E-state index contributed by atoms with van der Waals surface area (Å²) in [7, 11) is -1.58. The molecule has 0 amide bonds. The van der Waals surface area contributed by atoms with E-state index in [1.54, 1.807) is 13.1 Å². The monoisotopic (exact) mass is 257 g/mol. The summed E-state index contributed by atoms with van der Waals surface area (Å²) in [5.74, 6) is 1.15. The lowest BCUT2D eigenvalue weighted by molar-refractivity contribution is 0.305. The number of nitrogens with one attached hydrogen (secondary N) is 2. The average molecular weight is 257 g/mol. The van der Waals surface area contributed by atoms with Gasteiger partial charge in [-0.25, -0.2) is 13.4 Å². The molecule has 1 heterocycles. The summed E-state index contributed by atoms with van der Waals surface area (Å²) in [6.45, 7) is 0. The normalized spacial score (nSPS) is 15.4. The van der Waals surface area contributed by atoms with Crippen LogP contribution in [-0.4, -0.2) is 32.8 Å². The van der Waals surface area contributed by atoms with E-state index in [0.717, 1.165) is 19.1 Å². The molecule has 0 atom stereocenters. The molecule has 2 rings (SSSR count). The molecule has 0 aromatic carbocycles. The third-order valence-corrected chi connectivity index (χ3v) is 2.83. The molecule has 1 aromatic heterocycles. The first kappa shape index (κ1) is 12.0. The van der Waals surface area contributed by atoms with Gasteiger partial charge in [0, 0.05) is 13.1 Å². The van der Waals surface area contributed by atoms with Crippen molar-refractivity contribution in [3.05, 3.63) is 12.3 Å². The molecule has 1 aliphatic carbocycles. The highest BCUT2D eigenvalue weighted by atomic mass is 32.2. The van der Waals surface area contributed by atoms with Gasteiger partial charge in [0.15, 0.2) is 0 Å². The average Bonchev–Trinajstić information content (AvgIpc) is 3.02. The van der Waals surface area contributed by atoms with E-state index >= 15 is 0 Å². The molecular weight excluding hydrogens is 242 g/mol. The van der Waals surface area contributed by atoms with Crippen molar-refractivity contribution < 1.29 is 13.2 Å². The molecule has 6 nitrogen and oxygen atoms in total. The molecule has 0 unspecified atom stereocenters. The van der Waals surface area contributed by atoms with Crippen LogP contribution in [0.3, 0.4) is 0 Å². The fourth-order valence-electron chi connectivity index (χ4n) is 1.31. The first-order valence-corrected chi connectivity index (χ1v) is 7.19. The zero-order valence-electron chi connectivity index (χ0n) is 9.73. The number of hydrogen-bond acceptors (Lipinski definition) is 5. The van der Waals surface area contributed by atoms with Crippen LogP contribution in [0.4, 0.5) is 11.5 Å². The van der Waals surface area contributed by atoms with E-state index in [2.05, 4.69) is 15.0 Å². The summed E-state index contributed by atoms with van der Waals surface area (Å²) in [5, 5.41) is 2.88. The Morgan fingerprint density at radius 3 is 2.71 bits per heavy atom. The first-order chi connectivity index (χ1) is 7.98. The molecular formula is C10H15N3O3S. The lowest BCUT2D eigenvalue weighted by Gasteiger charge is -2.12. The molecule has 0 saturated heterocycles. The quantitative estimate of drug-likeness (QED) is 0.823. The number of anilines is 2. The molecule has 1 saturated carbocycles. The van der Waals surface area contributed by atoms with Crippen LogP contribution in [0.15, 0.2) is 12.3 Å². The SMILES string of the molecule is CNc1cc(OC2CC2)c(NS(C)(=O)=O)cn1. The number of rotatable bonds is 5. The van der Waals surface area contributed by atoms with E-state index in [4.69, 9.17) is 4.74 Å². The van der Waals surface area contributed by atoms with Crippen molar-refractivity contribution in [3.8, 4) is 5.75 Å². The maximum absolute atomic E-state index is 11.2. The van der Waals surface area contributed by atoms with E-state index in [-0.39, 0.29) is 6.10 Å². The molecule has 0 spiro atoms. The zero-order chi connectivity index (χ0) is 12.5.